The fourth-order valence-electron chi connectivity index (χ4n) is 0.556. The number of anilines is 1. The lowest BCUT2D eigenvalue weighted by Gasteiger charge is -1.92. The van der Waals surface area contributed by atoms with Crippen LogP contribution in [0, 0.1) is 5.41 Å². The van der Waals surface area contributed by atoms with Crippen molar-refractivity contribution in [1.29, 1.82) is 5.41 Å². The van der Waals surface area contributed by atoms with Crippen LogP contribution in [0.5, 0.6) is 0 Å². The molecule has 70 valence electrons. The molecule has 0 unspecified atom stereocenters. The maximum Gasteiger partial charge on any atom is 0.170 e. The monoisotopic (exact) mass is 212 g/mol. The lowest BCUT2D eigenvalue weighted by molar-refractivity contribution is 0.722. The van der Waals surface area contributed by atoms with Gasteiger partial charge < -0.3 is 11.5 Å². The van der Waals surface area contributed by atoms with E-state index in [1.54, 1.807) is 7.05 Å². The first kappa shape index (κ1) is 13.6. The molecule has 1 aromatic rings. The van der Waals surface area contributed by atoms with E-state index in [1.165, 1.54) is 4.68 Å². The molecule has 1 aromatic heterocycles. The minimum Gasteiger partial charge on any atom is -0.382 e. The number of hydrogen-bond donors (Lipinski definition) is 3. The van der Waals surface area contributed by atoms with Crippen molar-refractivity contribution >= 4 is 36.5 Å². The molecule has 0 saturated carbocycles. The van der Waals surface area contributed by atoms with Gasteiger partial charge in [0.2, 0.25) is 0 Å². The molecule has 6 nitrogen and oxygen atoms in total. The summed E-state index contributed by atoms with van der Waals surface area (Å²) in [7, 11) is 1.63. The highest BCUT2D eigenvalue weighted by molar-refractivity contribution is 5.96. The van der Waals surface area contributed by atoms with Crippen LogP contribution in [0.15, 0.2) is 0 Å². The highest BCUT2D eigenvalue weighted by atomic mass is 35.5. The molecule has 12 heavy (non-hydrogen) atoms. The van der Waals surface area contributed by atoms with Gasteiger partial charge in [-0.3, -0.25) is 5.41 Å². The molecule has 0 atom stereocenters. The van der Waals surface area contributed by atoms with Crippen molar-refractivity contribution in [3.05, 3.63) is 5.69 Å². The molecule has 0 spiro atoms. The summed E-state index contributed by atoms with van der Waals surface area (Å²) in [6.45, 7) is 0. The van der Waals surface area contributed by atoms with E-state index in [-0.39, 0.29) is 36.3 Å². The van der Waals surface area contributed by atoms with Crippen molar-refractivity contribution in [1.82, 2.24) is 15.0 Å². The van der Waals surface area contributed by atoms with Gasteiger partial charge >= 0.3 is 0 Å². The Morgan fingerprint density at radius 3 is 2.17 bits per heavy atom. The fraction of sp³-hybridized carbons (Fsp3) is 0.250. The lowest BCUT2D eigenvalue weighted by atomic mass is 10.4. The van der Waals surface area contributed by atoms with Gasteiger partial charge in [0.05, 0.1) is 0 Å². The summed E-state index contributed by atoms with van der Waals surface area (Å²) >= 11 is 0. The molecular weight excluding hydrogens is 203 g/mol. The highest BCUT2D eigenvalue weighted by Gasteiger charge is 2.07. The van der Waals surface area contributed by atoms with Gasteiger partial charge in [-0.25, -0.2) is 4.68 Å². The second-order valence-electron chi connectivity index (χ2n) is 1.86. The minimum atomic E-state index is -0.161. The number of aromatic nitrogens is 3. The quantitative estimate of drug-likeness (QED) is 0.432. The molecule has 0 fully saturated rings. The van der Waals surface area contributed by atoms with E-state index in [9.17, 15) is 0 Å². The van der Waals surface area contributed by atoms with Crippen LogP contribution in [-0.2, 0) is 7.05 Å². The van der Waals surface area contributed by atoms with Gasteiger partial charge in [-0.05, 0) is 0 Å². The van der Waals surface area contributed by atoms with Crippen LogP contribution in [0.4, 0.5) is 5.82 Å². The smallest absolute Gasteiger partial charge is 0.170 e. The Morgan fingerprint density at radius 1 is 1.50 bits per heavy atom. The Morgan fingerprint density at radius 2 is 2.00 bits per heavy atom. The molecule has 8 heteroatoms. The largest absolute Gasteiger partial charge is 0.382 e. The first-order valence-corrected chi connectivity index (χ1v) is 2.62. The van der Waals surface area contributed by atoms with Crippen LogP contribution in [0.1, 0.15) is 5.69 Å². The van der Waals surface area contributed by atoms with Gasteiger partial charge in [-0.2, -0.15) is 0 Å². The average molecular weight is 213 g/mol. The summed E-state index contributed by atoms with van der Waals surface area (Å²) in [5.41, 5.74) is 10.8. The van der Waals surface area contributed by atoms with Crippen LogP contribution in [0.3, 0.4) is 0 Å². The molecule has 5 N–H and O–H groups in total. The van der Waals surface area contributed by atoms with E-state index in [0.29, 0.717) is 5.82 Å². The normalized spacial score (nSPS) is 8.08. The van der Waals surface area contributed by atoms with Crippen molar-refractivity contribution in [3.8, 4) is 0 Å². The van der Waals surface area contributed by atoms with Gasteiger partial charge in [0.25, 0.3) is 0 Å². The number of nitrogen functional groups attached to an aromatic ring is 2. The standard InChI is InChI=1S/C4H8N6.2ClH/c1-10-4(7)2(3(5)6)8-9-10;;/h7H2,1H3,(H3,5,6);2*1H. The molecule has 0 aliphatic carbocycles. The Balaban J connectivity index is 0. The number of nitrogens with zero attached hydrogens (tertiary/aromatic N) is 3. The average Bonchev–Trinajstić information content (AvgIpc) is 2.14. The van der Waals surface area contributed by atoms with Crippen LogP contribution in [0.2, 0.25) is 0 Å². The van der Waals surface area contributed by atoms with Gasteiger partial charge in [-0.15, -0.1) is 29.9 Å². The predicted molar refractivity (Wildman–Crippen MR) is 50.9 cm³/mol. The molecule has 0 aliphatic heterocycles. The summed E-state index contributed by atoms with van der Waals surface area (Å²) in [5.74, 6) is 0.151. The van der Waals surface area contributed by atoms with Crippen molar-refractivity contribution in [2.45, 2.75) is 0 Å². The summed E-state index contributed by atoms with van der Waals surface area (Å²) < 4.78 is 1.36. The third-order valence-corrected chi connectivity index (χ3v) is 1.13. The molecule has 0 saturated heterocycles. The summed E-state index contributed by atoms with van der Waals surface area (Å²) in [6.07, 6.45) is 0. The van der Waals surface area contributed by atoms with E-state index in [2.05, 4.69) is 10.3 Å². The van der Waals surface area contributed by atoms with E-state index in [4.69, 9.17) is 16.9 Å². The van der Waals surface area contributed by atoms with E-state index < -0.39 is 0 Å². The van der Waals surface area contributed by atoms with Crippen LogP contribution < -0.4 is 11.5 Å². The zero-order valence-electron chi connectivity index (χ0n) is 6.31. The van der Waals surface area contributed by atoms with Crippen LogP contribution >= 0.6 is 24.8 Å². The summed E-state index contributed by atoms with van der Waals surface area (Å²) in [4.78, 5) is 0. The number of rotatable bonds is 1. The number of aryl methyl sites for hydroxylation is 1. The van der Waals surface area contributed by atoms with Gasteiger partial charge in [0.1, 0.15) is 5.84 Å². The SMILES string of the molecule is Cl.Cl.Cn1nnc(C(=N)N)c1N. The molecule has 0 aromatic carbocycles. The number of halogens is 2. The van der Waals surface area contributed by atoms with Crippen molar-refractivity contribution in [3.63, 3.8) is 0 Å². The van der Waals surface area contributed by atoms with E-state index >= 15 is 0 Å². The Hall–Kier alpha value is -1.01. The molecule has 0 amide bonds. The highest BCUT2D eigenvalue weighted by Crippen LogP contribution is 2.02. The van der Waals surface area contributed by atoms with Gasteiger partial charge in [-0.1, -0.05) is 5.21 Å². The van der Waals surface area contributed by atoms with Gasteiger partial charge in [0.15, 0.2) is 11.5 Å². The number of nitrogens with two attached hydrogens (primary N) is 2. The second-order valence-corrected chi connectivity index (χ2v) is 1.86. The predicted octanol–water partition coefficient (Wildman–Crippen LogP) is -0.475. The third kappa shape index (κ3) is 2.24. The minimum absolute atomic E-state index is 0. The van der Waals surface area contributed by atoms with Crippen molar-refractivity contribution in [2.24, 2.45) is 12.8 Å². The number of hydrogen-bond acceptors (Lipinski definition) is 4. The molecule has 1 heterocycles. The number of amidine groups is 1. The maximum absolute atomic E-state index is 6.97. The Labute approximate surface area is 81.6 Å². The lowest BCUT2D eigenvalue weighted by Crippen LogP contribution is -2.14. The first-order valence-electron chi connectivity index (χ1n) is 2.62. The molecule has 0 aliphatic rings. The van der Waals surface area contributed by atoms with E-state index in [0.717, 1.165) is 0 Å². The zero-order valence-corrected chi connectivity index (χ0v) is 7.95. The van der Waals surface area contributed by atoms with Gasteiger partial charge in [0, 0.05) is 7.05 Å². The molecule has 0 bridgehead atoms. The molecular formula is C4H10Cl2N6. The van der Waals surface area contributed by atoms with E-state index in [1.807, 2.05) is 0 Å². The second kappa shape index (κ2) is 4.78. The summed E-state index contributed by atoms with van der Waals surface area (Å²) in [5, 5.41) is 14.1. The topological polar surface area (TPSA) is 107 Å². The zero-order chi connectivity index (χ0) is 7.72. The number of nitrogens with one attached hydrogen (secondary N) is 1. The fourth-order valence-corrected chi connectivity index (χ4v) is 0.556. The van der Waals surface area contributed by atoms with Crippen LogP contribution in [-0.4, -0.2) is 20.8 Å². The van der Waals surface area contributed by atoms with Crippen LogP contribution in [0.25, 0.3) is 0 Å². The molecule has 0 radical (unpaired) electrons. The maximum atomic E-state index is 6.97. The van der Waals surface area contributed by atoms with Crippen molar-refractivity contribution < 1.29 is 0 Å². The third-order valence-electron chi connectivity index (χ3n) is 1.13. The van der Waals surface area contributed by atoms with Crippen molar-refractivity contribution in [2.75, 3.05) is 5.73 Å². The Kier molecular flexibility index (Phi) is 5.41. The Bertz CT molecular complexity index is 269. The molecule has 1 rings (SSSR count). The summed E-state index contributed by atoms with van der Waals surface area (Å²) in [6, 6.07) is 0. The first-order chi connectivity index (χ1) is 4.63.